The number of carbonyl (C=O) groups is 1. The molecule has 0 aromatic heterocycles. The van der Waals surface area contributed by atoms with Gasteiger partial charge in [-0.15, -0.1) is 0 Å². The average molecular weight is 440 g/mol. The standard InChI is InChI=1S/C26H37N3O3/c1-19(2)8-7-17-32-25-18-21(12-15-24(25)31-5)27-26(30)29-16-6-9-23(29)20-10-13-22(14-11-20)28(3)4/h10-15,18-19,23H,6-9,16-17H2,1-5H3,(H,27,30). The zero-order valence-corrected chi connectivity index (χ0v) is 20.1. The topological polar surface area (TPSA) is 54.0 Å². The monoisotopic (exact) mass is 439 g/mol. The molecule has 1 aliphatic rings. The fraction of sp³-hybridized carbons (Fsp3) is 0.500. The van der Waals surface area contributed by atoms with Crippen LogP contribution in [0.4, 0.5) is 16.2 Å². The lowest BCUT2D eigenvalue weighted by Crippen LogP contribution is -2.34. The number of hydrogen-bond acceptors (Lipinski definition) is 4. The van der Waals surface area contributed by atoms with Gasteiger partial charge in [0.2, 0.25) is 0 Å². The average Bonchev–Trinajstić information content (AvgIpc) is 3.27. The van der Waals surface area contributed by atoms with Gasteiger partial charge in [0.15, 0.2) is 11.5 Å². The third-order valence-electron chi connectivity index (χ3n) is 5.91. The first-order valence-electron chi connectivity index (χ1n) is 11.5. The number of likely N-dealkylation sites (tertiary alicyclic amines) is 1. The number of hydrogen-bond donors (Lipinski definition) is 1. The maximum absolute atomic E-state index is 13.1. The summed E-state index contributed by atoms with van der Waals surface area (Å²) in [5.74, 6) is 1.98. The normalized spacial score (nSPS) is 15.7. The molecular weight excluding hydrogens is 402 g/mol. The highest BCUT2D eigenvalue weighted by Crippen LogP contribution is 2.34. The molecule has 3 rings (SSSR count). The molecule has 1 fully saturated rings. The number of amides is 2. The molecule has 2 aromatic rings. The van der Waals surface area contributed by atoms with Crippen LogP contribution in [0.3, 0.4) is 0 Å². The first-order chi connectivity index (χ1) is 15.4. The van der Waals surface area contributed by atoms with Crippen LogP contribution in [0.25, 0.3) is 0 Å². The molecule has 0 spiro atoms. The molecule has 2 aromatic carbocycles. The van der Waals surface area contributed by atoms with Gasteiger partial charge in [-0.1, -0.05) is 26.0 Å². The minimum atomic E-state index is -0.0832. The van der Waals surface area contributed by atoms with E-state index in [-0.39, 0.29) is 12.1 Å². The van der Waals surface area contributed by atoms with Gasteiger partial charge in [0, 0.05) is 38.1 Å². The van der Waals surface area contributed by atoms with Crippen LogP contribution in [0.15, 0.2) is 42.5 Å². The first-order valence-corrected chi connectivity index (χ1v) is 11.5. The van der Waals surface area contributed by atoms with E-state index in [1.165, 1.54) is 5.56 Å². The third-order valence-corrected chi connectivity index (χ3v) is 5.91. The Hall–Kier alpha value is -2.89. The Labute approximate surface area is 192 Å². The SMILES string of the molecule is COc1ccc(NC(=O)N2CCCC2c2ccc(N(C)C)cc2)cc1OCCCC(C)C. The minimum Gasteiger partial charge on any atom is -0.493 e. The van der Waals surface area contributed by atoms with Crippen molar-refractivity contribution in [1.82, 2.24) is 4.90 Å². The Morgan fingerprint density at radius 2 is 1.91 bits per heavy atom. The van der Waals surface area contributed by atoms with E-state index in [9.17, 15) is 4.79 Å². The van der Waals surface area contributed by atoms with E-state index in [0.29, 0.717) is 29.7 Å². The summed E-state index contributed by atoms with van der Waals surface area (Å²) < 4.78 is 11.4. The Bertz CT molecular complexity index is 880. The molecule has 1 N–H and O–H groups in total. The van der Waals surface area contributed by atoms with Crippen molar-refractivity contribution in [3.63, 3.8) is 0 Å². The van der Waals surface area contributed by atoms with Crippen LogP contribution >= 0.6 is 0 Å². The molecule has 6 heteroatoms. The summed E-state index contributed by atoms with van der Waals surface area (Å²) in [6.07, 6.45) is 4.08. The molecule has 0 aliphatic carbocycles. The third kappa shape index (κ3) is 6.09. The lowest BCUT2D eigenvalue weighted by molar-refractivity contribution is 0.207. The summed E-state index contributed by atoms with van der Waals surface area (Å²) in [4.78, 5) is 17.1. The van der Waals surface area contributed by atoms with Gasteiger partial charge in [-0.25, -0.2) is 4.79 Å². The van der Waals surface area contributed by atoms with E-state index in [4.69, 9.17) is 9.47 Å². The van der Waals surface area contributed by atoms with Gasteiger partial charge >= 0.3 is 6.03 Å². The fourth-order valence-corrected chi connectivity index (χ4v) is 4.09. The maximum Gasteiger partial charge on any atom is 0.322 e. The molecule has 0 bridgehead atoms. The Balaban J connectivity index is 1.66. The maximum atomic E-state index is 13.1. The molecule has 1 atom stereocenters. The number of nitrogens with one attached hydrogen (secondary N) is 1. The highest BCUT2D eigenvalue weighted by atomic mass is 16.5. The second kappa shape index (κ2) is 11.1. The number of nitrogens with zero attached hydrogens (tertiary/aromatic N) is 2. The second-order valence-corrected chi connectivity index (χ2v) is 9.02. The Kier molecular flexibility index (Phi) is 8.26. The molecule has 6 nitrogen and oxygen atoms in total. The lowest BCUT2D eigenvalue weighted by Gasteiger charge is -2.26. The van der Waals surface area contributed by atoms with E-state index >= 15 is 0 Å². The predicted octanol–water partition coefficient (Wildman–Crippen LogP) is 5.95. The van der Waals surface area contributed by atoms with Crippen LogP contribution in [-0.2, 0) is 0 Å². The fourth-order valence-electron chi connectivity index (χ4n) is 4.09. The summed E-state index contributed by atoms with van der Waals surface area (Å²) in [7, 11) is 5.69. The second-order valence-electron chi connectivity index (χ2n) is 9.02. The van der Waals surface area contributed by atoms with E-state index in [1.807, 2.05) is 37.2 Å². The molecule has 1 saturated heterocycles. The number of benzene rings is 2. The Morgan fingerprint density at radius 1 is 1.16 bits per heavy atom. The summed E-state index contributed by atoms with van der Waals surface area (Å²) in [5, 5.41) is 3.06. The zero-order valence-electron chi connectivity index (χ0n) is 20.1. The van der Waals surface area contributed by atoms with Gasteiger partial charge < -0.3 is 24.6 Å². The van der Waals surface area contributed by atoms with Crippen LogP contribution in [0.2, 0.25) is 0 Å². The van der Waals surface area contributed by atoms with Crippen molar-refractivity contribution in [2.24, 2.45) is 5.92 Å². The number of ether oxygens (including phenoxy) is 2. The molecule has 0 saturated carbocycles. The van der Waals surface area contributed by atoms with E-state index in [0.717, 1.165) is 37.9 Å². The zero-order chi connectivity index (χ0) is 23.1. The summed E-state index contributed by atoms with van der Waals surface area (Å²) in [6.45, 7) is 5.79. The number of anilines is 2. The van der Waals surface area contributed by atoms with Crippen molar-refractivity contribution in [3.8, 4) is 11.5 Å². The van der Waals surface area contributed by atoms with E-state index < -0.39 is 0 Å². The van der Waals surface area contributed by atoms with Crippen molar-refractivity contribution >= 4 is 17.4 Å². The molecule has 1 heterocycles. The van der Waals surface area contributed by atoms with Crippen molar-refractivity contribution in [3.05, 3.63) is 48.0 Å². The number of urea groups is 1. The number of rotatable bonds is 9. The lowest BCUT2D eigenvalue weighted by atomic mass is 10.0. The quantitative estimate of drug-likeness (QED) is 0.491. The van der Waals surface area contributed by atoms with Crippen LogP contribution in [0.5, 0.6) is 11.5 Å². The van der Waals surface area contributed by atoms with Crippen molar-refractivity contribution in [2.75, 3.05) is 44.6 Å². The summed E-state index contributed by atoms with van der Waals surface area (Å²) >= 11 is 0. The van der Waals surface area contributed by atoms with Crippen LogP contribution in [0, 0.1) is 5.92 Å². The van der Waals surface area contributed by atoms with Crippen LogP contribution in [-0.4, -0.2) is 45.3 Å². The number of methoxy groups -OCH3 is 1. The van der Waals surface area contributed by atoms with Crippen molar-refractivity contribution in [1.29, 1.82) is 0 Å². The molecular formula is C26H37N3O3. The molecule has 2 amide bonds. The molecule has 1 unspecified atom stereocenters. The van der Waals surface area contributed by atoms with Crippen molar-refractivity contribution < 1.29 is 14.3 Å². The summed E-state index contributed by atoms with van der Waals surface area (Å²) in [5.41, 5.74) is 3.04. The van der Waals surface area contributed by atoms with Crippen molar-refractivity contribution in [2.45, 2.75) is 45.6 Å². The smallest absolute Gasteiger partial charge is 0.322 e. The minimum absolute atomic E-state index is 0.0832. The summed E-state index contributed by atoms with van der Waals surface area (Å²) in [6, 6.07) is 14.0. The molecule has 32 heavy (non-hydrogen) atoms. The van der Waals surface area contributed by atoms with Gasteiger partial charge in [-0.2, -0.15) is 0 Å². The van der Waals surface area contributed by atoms with Gasteiger partial charge in [0.1, 0.15) is 0 Å². The van der Waals surface area contributed by atoms with E-state index in [2.05, 4.69) is 48.3 Å². The highest BCUT2D eigenvalue weighted by Gasteiger charge is 2.30. The van der Waals surface area contributed by atoms with E-state index in [1.54, 1.807) is 7.11 Å². The molecule has 1 aliphatic heterocycles. The Morgan fingerprint density at radius 3 is 2.56 bits per heavy atom. The highest BCUT2D eigenvalue weighted by molar-refractivity contribution is 5.90. The molecule has 174 valence electrons. The van der Waals surface area contributed by atoms with Crippen LogP contribution in [0.1, 0.15) is 51.1 Å². The number of carbonyl (C=O) groups excluding carboxylic acids is 1. The van der Waals surface area contributed by atoms with Gasteiger partial charge in [-0.3, -0.25) is 0 Å². The van der Waals surface area contributed by atoms with Gasteiger partial charge in [0.05, 0.1) is 19.8 Å². The van der Waals surface area contributed by atoms with Crippen LogP contribution < -0.4 is 19.7 Å². The largest absolute Gasteiger partial charge is 0.493 e. The van der Waals surface area contributed by atoms with Gasteiger partial charge in [0.25, 0.3) is 0 Å². The van der Waals surface area contributed by atoms with Gasteiger partial charge in [-0.05, 0) is 61.4 Å². The predicted molar refractivity (Wildman–Crippen MR) is 131 cm³/mol. The first kappa shape index (κ1) is 23.8. The molecule has 0 radical (unpaired) electrons.